The van der Waals surface area contributed by atoms with E-state index in [1.165, 1.54) is 38.5 Å². The van der Waals surface area contributed by atoms with Crippen LogP contribution in [0.3, 0.4) is 0 Å². The quantitative estimate of drug-likeness (QED) is 0.167. The maximum absolute atomic E-state index is 15.2. The van der Waals surface area contributed by atoms with Gasteiger partial charge in [0, 0.05) is 17.1 Å². The van der Waals surface area contributed by atoms with E-state index in [1.807, 2.05) is 0 Å². The topological polar surface area (TPSA) is 159 Å². The molecule has 3 aromatic rings. The minimum absolute atomic E-state index is 0.0253. The lowest BCUT2D eigenvalue weighted by Gasteiger charge is -2.50. The summed E-state index contributed by atoms with van der Waals surface area (Å²) >= 11 is 12.5. The number of hydrogen-bond donors (Lipinski definition) is 3. The predicted molar refractivity (Wildman–Crippen MR) is 172 cm³/mol. The number of phenols is 1. The summed E-state index contributed by atoms with van der Waals surface area (Å²) in [6, 6.07) is 9.73. The molecule has 3 N–H and O–H groups in total. The third-order valence-electron chi connectivity index (χ3n) is 10.4. The van der Waals surface area contributed by atoms with Crippen LogP contribution in [-0.2, 0) is 30.8 Å². The van der Waals surface area contributed by atoms with E-state index >= 15 is 4.79 Å². The van der Waals surface area contributed by atoms with Crippen LogP contribution in [0.1, 0.15) is 35.4 Å². The molecule has 4 amide bonds. The van der Waals surface area contributed by atoms with E-state index in [-0.39, 0.29) is 35.2 Å². The molecule has 0 spiro atoms. The van der Waals surface area contributed by atoms with Gasteiger partial charge in [-0.05, 0) is 60.2 Å². The number of hydroxylamine groups is 2. The lowest BCUT2D eigenvalue weighted by atomic mass is 9.49. The summed E-state index contributed by atoms with van der Waals surface area (Å²) in [5.74, 6) is -9.39. The number of ether oxygens (including phenoxy) is 2. The molecule has 0 unspecified atom stereocenters. The van der Waals surface area contributed by atoms with Crippen molar-refractivity contribution in [2.75, 3.05) is 19.6 Å². The Bertz CT molecular complexity index is 2020. The molecular weight excluding hydrogens is 720 g/mol. The fraction of sp³-hybridized carbons (Fsp3) is 0.324. The number of allylic oxidation sites excluding steroid dienone is 2. The maximum atomic E-state index is 15.2. The lowest BCUT2D eigenvalue weighted by molar-refractivity contribution is -0.173. The van der Waals surface area contributed by atoms with Gasteiger partial charge in [0.15, 0.2) is 17.3 Å². The van der Waals surface area contributed by atoms with Gasteiger partial charge in [0.05, 0.1) is 48.0 Å². The number of aromatic nitrogens is 1. The molecule has 2 saturated heterocycles. The molecule has 1 saturated carbocycles. The SMILES string of the molecule is COc1cc([C@H]2C3=CC[C@@H]4C(=O)N(O)C(=O)[C@@H]4[C@@H]3C[C@H]3C(=O)N(Nc4ncc(C(F)(F)F)cc4Cl)C(=O)[C@@]23c2ccc(Cl)cc2)cc(OC)c1O. The molecule has 51 heavy (non-hydrogen) atoms. The number of amides is 4. The molecule has 2 aliphatic carbocycles. The van der Waals surface area contributed by atoms with Gasteiger partial charge in [0.2, 0.25) is 5.75 Å². The van der Waals surface area contributed by atoms with Gasteiger partial charge >= 0.3 is 6.18 Å². The number of rotatable bonds is 6. The largest absolute Gasteiger partial charge is 0.502 e. The zero-order valence-corrected chi connectivity index (χ0v) is 28.1. The Hall–Kier alpha value is -4.86. The molecule has 3 fully saturated rings. The summed E-state index contributed by atoms with van der Waals surface area (Å²) in [5.41, 5.74) is 0.702. The van der Waals surface area contributed by atoms with Gasteiger partial charge in [-0.25, -0.2) is 4.98 Å². The number of imide groups is 2. The average molecular weight is 748 g/mol. The molecule has 6 atom stereocenters. The van der Waals surface area contributed by atoms with Gasteiger partial charge in [-0.3, -0.25) is 29.8 Å². The number of nitrogens with zero attached hydrogens (tertiary/aromatic N) is 3. The second-order valence-corrected chi connectivity index (χ2v) is 13.5. The number of carbonyl (C=O) groups is 4. The Kier molecular flexibility index (Phi) is 8.23. The second kappa shape index (κ2) is 12.1. The summed E-state index contributed by atoms with van der Waals surface area (Å²) in [7, 11) is 2.61. The number of pyridine rings is 1. The summed E-state index contributed by atoms with van der Waals surface area (Å²) < 4.78 is 51.1. The normalized spacial score (nSPS) is 27.2. The molecule has 12 nitrogen and oxygen atoms in total. The number of aromatic hydroxyl groups is 1. The molecule has 17 heteroatoms. The summed E-state index contributed by atoms with van der Waals surface area (Å²) in [6.07, 6.45) is -2.67. The van der Waals surface area contributed by atoms with Crippen molar-refractivity contribution in [1.29, 1.82) is 0 Å². The van der Waals surface area contributed by atoms with Gasteiger partial charge in [0.25, 0.3) is 23.6 Å². The van der Waals surface area contributed by atoms with Crippen molar-refractivity contribution in [3.63, 3.8) is 0 Å². The summed E-state index contributed by atoms with van der Waals surface area (Å²) in [4.78, 5) is 59.9. The van der Waals surface area contributed by atoms with E-state index in [2.05, 4.69) is 10.4 Å². The fourth-order valence-electron chi connectivity index (χ4n) is 8.22. The van der Waals surface area contributed by atoms with Gasteiger partial charge < -0.3 is 14.6 Å². The van der Waals surface area contributed by atoms with Crippen molar-refractivity contribution >= 4 is 52.6 Å². The smallest absolute Gasteiger partial charge is 0.417 e. The number of alkyl halides is 3. The van der Waals surface area contributed by atoms with E-state index in [9.17, 15) is 37.9 Å². The summed E-state index contributed by atoms with van der Waals surface area (Å²) in [6.45, 7) is 0. The summed E-state index contributed by atoms with van der Waals surface area (Å²) in [5, 5.41) is 21.7. The highest BCUT2D eigenvalue weighted by molar-refractivity contribution is 6.33. The van der Waals surface area contributed by atoms with Crippen molar-refractivity contribution < 1.29 is 52.1 Å². The number of fused-ring (bicyclic) bond motifs is 4. The number of methoxy groups -OCH3 is 2. The Labute approximate surface area is 297 Å². The van der Waals surface area contributed by atoms with Crippen LogP contribution in [0.4, 0.5) is 19.0 Å². The van der Waals surface area contributed by atoms with Gasteiger partial charge in [-0.1, -0.05) is 47.0 Å². The maximum Gasteiger partial charge on any atom is 0.417 e. The van der Waals surface area contributed by atoms with Crippen LogP contribution >= 0.6 is 23.2 Å². The Balaban J connectivity index is 1.48. The van der Waals surface area contributed by atoms with Crippen LogP contribution in [0.5, 0.6) is 17.2 Å². The van der Waals surface area contributed by atoms with Gasteiger partial charge in [-0.2, -0.15) is 23.2 Å². The van der Waals surface area contributed by atoms with Crippen molar-refractivity contribution in [3.8, 4) is 17.2 Å². The second-order valence-electron chi connectivity index (χ2n) is 12.7. The highest BCUT2D eigenvalue weighted by Gasteiger charge is 2.70. The Morgan fingerprint density at radius 3 is 2.20 bits per heavy atom. The van der Waals surface area contributed by atoms with Crippen LogP contribution in [-0.4, -0.2) is 63.2 Å². The zero-order chi connectivity index (χ0) is 36.7. The predicted octanol–water partition coefficient (Wildman–Crippen LogP) is 5.50. The van der Waals surface area contributed by atoms with Crippen molar-refractivity contribution in [2.24, 2.45) is 23.7 Å². The first-order valence-corrected chi connectivity index (χ1v) is 16.3. The van der Waals surface area contributed by atoms with E-state index in [0.717, 1.165) is 0 Å². The number of hydrogen-bond acceptors (Lipinski definition) is 10. The van der Waals surface area contributed by atoms with Gasteiger partial charge in [-0.15, -0.1) is 0 Å². The molecule has 266 valence electrons. The number of benzene rings is 2. The monoisotopic (exact) mass is 746 g/mol. The first-order valence-electron chi connectivity index (χ1n) is 15.5. The lowest BCUT2D eigenvalue weighted by Crippen LogP contribution is -2.53. The van der Waals surface area contributed by atoms with E-state index in [0.29, 0.717) is 39.0 Å². The number of nitrogens with one attached hydrogen (secondary N) is 1. The van der Waals surface area contributed by atoms with Crippen molar-refractivity contribution in [1.82, 2.24) is 15.1 Å². The molecule has 2 aromatic carbocycles. The number of halogens is 5. The Morgan fingerprint density at radius 2 is 1.61 bits per heavy atom. The van der Waals surface area contributed by atoms with Crippen LogP contribution in [0, 0.1) is 23.7 Å². The number of anilines is 1. The first-order chi connectivity index (χ1) is 24.1. The van der Waals surface area contributed by atoms with Gasteiger partial charge in [0.1, 0.15) is 0 Å². The van der Waals surface area contributed by atoms with E-state index in [4.69, 9.17) is 32.7 Å². The molecule has 0 radical (unpaired) electrons. The highest BCUT2D eigenvalue weighted by Crippen LogP contribution is 2.64. The highest BCUT2D eigenvalue weighted by atomic mass is 35.5. The third kappa shape index (κ3) is 5.04. The number of phenolic OH excluding ortho intramolecular Hbond substituents is 1. The molecule has 1 aromatic heterocycles. The van der Waals surface area contributed by atoms with Crippen LogP contribution < -0.4 is 14.9 Å². The minimum atomic E-state index is -4.77. The first kappa shape index (κ1) is 34.6. The van der Waals surface area contributed by atoms with Crippen LogP contribution in [0.2, 0.25) is 10.0 Å². The molecule has 7 rings (SSSR count). The van der Waals surface area contributed by atoms with Crippen molar-refractivity contribution in [3.05, 3.63) is 87.0 Å². The molecule has 2 aliphatic heterocycles. The zero-order valence-electron chi connectivity index (χ0n) is 26.6. The number of carbonyl (C=O) groups excluding carboxylic acids is 4. The van der Waals surface area contributed by atoms with E-state index in [1.54, 1.807) is 18.2 Å². The fourth-order valence-corrected chi connectivity index (χ4v) is 8.56. The minimum Gasteiger partial charge on any atom is -0.502 e. The molecular formula is C34H27Cl2F3N4O8. The molecule has 3 heterocycles. The molecule has 0 bridgehead atoms. The van der Waals surface area contributed by atoms with Crippen LogP contribution in [0.25, 0.3) is 0 Å². The van der Waals surface area contributed by atoms with E-state index < -0.39 is 81.2 Å². The standard InChI is InChI=1S/C34H27Cl2F3N4O8/c1-50-23-9-14(10-24(51-2)27(23)44)26-18-7-8-19-25(31(47)43(49)29(19)45)20(18)12-21-30(46)42(32(48)33(21,26)15-3-5-17(35)6-4-15)41-28-22(36)11-16(13-40-28)34(37,38)39/h3-7,9-11,13,19-21,25-26,44,49H,8,12H2,1-2H3,(H,40,41)/t19-,20+,21-,25-,26-,33+/m0/s1. The number of hydrazine groups is 1. The third-order valence-corrected chi connectivity index (χ3v) is 10.9. The average Bonchev–Trinajstić information content (AvgIpc) is 3.45. The van der Waals surface area contributed by atoms with Crippen molar-refractivity contribution in [2.45, 2.75) is 30.4 Å². The van der Waals surface area contributed by atoms with Crippen LogP contribution in [0.15, 0.2) is 60.3 Å². The Morgan fingerprint density at radius 1 is 0.961 bits per heavy atom. The molecule has 4 aliphatic rings.